The van der Waals surface area contributed by atoms with Gasteiger partial charge in [0.1, 0.15) is 0 Å². The van der Waals surface area contributed by atoms with Crippen molar-refractivity contribution in [3.05, 3.63) is 0 Å². The zero-order chi connectivity index (χ0) is 15.3. The van der Waals surface area contributed by atoms with E-state index in [1.54, 1.807) is 19.0 Å². The third-order valence-corrected chi connectivity index (χ3v) is 4.11. The Labute approximate surface area is 122 Å². The van der Waals surface area contributed by atoms with Crippen LogP contribution < -0.4 is 5.73 Å². The standard InChI is InChI=1S/C15H29N3O2/c1-5-8-18(10-14(19)17(3)4)15(20)12-9-11(2)6-7-13(12)16/h11-13H,5-10,16H2,1-4H3. The fourth-order valence-electron chi connectivity index (χ4n) is 2.76. The summed E-state index contributed by atoms with van der Waals surface area (Å²) in [6.07, 6.45) is 3.69. The second kappa shape index (κ2) is 7.62. The molecule has 0 saturated heterocycles. The van der Waals surface area contributed by atoms with Gasteiger partial charge in [-0.3, -0.25) is 9.59 Å². The number of likely N-dealkylation sites (N-methyl/N-ethyl adjacent to an activating group) is 1. The van der Waals surface area contributed by atoms with Crippen molar-refractivity contribution >= 4 is 11.8 Å². The molecule has 2 amide bonds. The minimum atomic E-state index is -0.125. The van der Waals surface area contributed by atoms with Crippen LogP contribution in [0.25, 0.3) is 0 Å². The van der Waals surface area contributed by atoms with E-state index in [0.29, 0.717) is 12.5 Å². The Balaban J connectivity index is 2.74. The molecule has 0 aromatic heterocycles. The lowest BCUT2D eigenvalue weighted by Crippen LogP contribution is -2.49. The Morgan fingerprint density at radius 1 is 1.25 bits per heavy atom. The number of rotatable bonds is 5. The van der Waals surface area contributed by atoms with Gasteiger partial charge in [0.2, 0.25) is 11.8 Å². The topological polar surface area (TPSA) is 66.6 Å². The first kappa shape index (κ1) is 17.0. The average Bonchev–Trinajstić information content (AvgIpc) is 2.40. The van der Waals surface area contributed by atoms with Gasteiger partial charge in [0.25, 0.3) is 0 Å². The molecule has 0 heterocycles. The Hall–Kier alpha value is -1.10. The van der Waals surface area contributed by atoms with E-state index in [9.17, 15) is 9.59 Å². The molecule has 0 spiro atoms. The second-order valence-electron chi connectivity index (χ2n) is 6.24. The molecular weight excluding hydrogens is 254 g/mol. The Bertz CT molecular complexity index is 344. The second-order valence-corrected chi connectivity index (χ2v) is 6.24. The van der Waals surface area contributed by atoms with Crippen molar-refractivity contribution in [3.8, 4) is 0 Å². The molecule has 2 N–H and O–H groups in total. The van der Waals surface area contributed by atoms with Gasteiger partial charge in [-0.05, 0) is 31.6 Å². The molecule has 1 fully saturated rings. The molecule has 0 aromatic carbocycles. The number of hydrogen-bond acceptors (Lipinski definition) is 3. The highest BCUT2D eigenvalue weighted by Gasteiger charge is 2.34. The van der Waals surface area contributed by atoms with Crippen LogP contribution >= 0.6 is 0 Å². The highest BCUT2D eigenvalue weighted by atomic mass is 16.2. The van der Waals surface area contributed by atoms with E-state index in [1.807, 2.05) is 6.92 Å². The van der Waals surface area contributed by atoms with Crippen molar-refractivity contribution in [2.45, 2.75) is 45.6 Å². The van der Waals surface area contributed by atoms with E-state index in [-0.39, 0.29) is 30.3 Å². The molecule has 1 aliphatic rings. The van der Waals surface area contributed by atoms with Crippen LogP contribution in [-0.4, -0.2) is 54.8 Å². The summed E-state index contributed by atoms with van der Waals surface area (Å²) in [5, 5.41) is 0. The van der Waals surface area contributed by atoms with Crippen molar-refractivity contribution in [3.63, 3.8) is 0 Å². The third-order valence-electron chi connectivity index (χ3n) is 4.11. The fraction of sp³-hybridized carbons (Fsp3) is 0.867. The highest BCUT2D eigenvalue weighted by Crippen LogP contribution is 2.29. The largest absolute Gasteiger partial charge is 0.347 e. The Morgan fingerprint density at radius 2 is 1.90 bits per heavy atom. The zero-order valence-electron chi connectivity index (χ0n) is 13.3. The van der Waals surface area contributed by atoms with Gasteiger partial charge >= 0.3 is 0 Å². The van der Waals surface area contributed by atoms with E-state index in [4.69, 9.17) is 5.73 Å². The third kappa shape index (κ3) is 4.47. The molecule has 3 atom stereocenters. The van der Waals surface area contributed by atoms with Crippen LogP contribution in [-0.2, 0) is 9.59 Å². The maximum absolute atomic E-state index is 12.7. The number of carbonyl (C=O) groups excluding carboxylic acids is 2. The molecule has 0 bridgehead atoms. The van der Waals surface area contributed by atoms with Crippen LogP contribution in [0.15, 0.2) is 0 Å². The monoisotopic (exact) mass is 283 g/mol. The first-order valence-electron chi connectivity index (χ1n) is 7.61. The van der Waals surface area contributed by atoms with E-state index in [2.05, 4.69) is 6.92 Å². The van der Waals surface area contributed by atoms with Crippen molar-refractivity contribution in [1.82, 2.24) is 9.80 Å². The Kier molecular flexibility index (Phi) is 6.46. The molecule has 20 heavy (non-hydrogen) atoms. The molecule has 0 radical (unpaired) electrons. The van der Waals surface area contributed by atoms with Gasteiger partial charge in [0.05, 0.1) is 12.5 Å². The summed E-state index contributed by atoms with van der Waals surface area (Å²) in [7, 11) is 3.43. The van der Waals surface area contributed by atoms with E-state index < -0.39 is 0 Å². The number of carbonyl (C=O) groups is 2. The summed E-state index contributed by atoms with van der Waals surface area (Å²) in [5.41, 5.74) is 6.12. The normalized spacial score (nSPS) is 26.1. The van der Waals surface area contributed by atoms with Crippen molar-refractivity contribution in [2.24, 2.45) is 17.6 Å². The lowest BCUT2D eigenvalue weighted by Gasteiger charge is -2.35. The van der Waals surface area contributed by atoms with Crippen LogP contribution in [0.5, 0.6) is 0 Å². The lowest BCUT2D eigenvalue weighted by molar-refractivity contribution is -0.143. The minimum Gasteiger partial charge on any atom is -0.347 e. The summed E-state index contributed by atoms with van der Waals surface area (Å²) >= 11 is 0. The predicted molar refractivity (Wildman–Crippen MR) is 80.0 cm³/mol. The van der Waals surface area contributed by atoms with Crippen LogP contribution in [0, 0.1) is 11.8 Å². The smallest absolute Gasteiger partial charge is 0.241 e. The summed E-state index contributed by atoms with van der Waals surface area (Å²) in [5.74, 6) is 0.433. The van der Waals surface area contributed by atoms with Gasteiger partial charge < -0.3 is 15.5 Å². The van der Waals surface area contributed by atoms with Crippen molar-refractivity contribution in [2.75, 3.05) is 27.2 Å². The molecule has 5 heteroatoms. The van der Waals surface area contributed by atoms with Gasteiger partial charge in [-0.1, -0.05) is 13.8 Å². The Morgan fingerprint density at radius 3 is 2.45 bits per heavy atom. The SMILES string of the molecule is CCCN(CC(=O)N(C)C)C(=O)C1CC(C)CCC1N. The molecule has 0 aliphatic heterocycles. The molecular formula is C15H29N3O2. The summed E-state index contributed by atoms with van der Waals surface area (Å²) in [4.78, 5) is 27.8. The maximum atomic E-state index is 12.7. The number of nitrogens with zero attached hydrogens (tertiary/aromatic N) is 2. The van der Waals surface area contributed by atoms with E-state index in [0.717, 1.165) is 25.7 Å². The first-order valence-corrected chi connectivity index (χ1v) is 7.61. The van der Waals surface area contributed by atoms with E-state index in [1.165, 1.54) is 4.90 Å². The minimum absolute atomic E-state index is 0.0378. The molecule has 1 aliphatic carbocycles. The average molecular weight is 283 g/mol. The van der Waals surface area contributed by atoms with Crippen LogP contribution in [0.1, 0.15) is 39.5 Å². The maximum Gasteiger partial charge on any atom is 0.241 e. The molecule has 116 valence electrons. The first-order chi connectivity index (χ1) is 9.36. The summed E-state index contributed by atoms with van der Waals surface area (Å²) in [6.45, 7) is 4.97. The number of amides is 2. The fourth-order valence-corrected chi connectivity index (χ4v) is 2.76. The van der Waals surface area contributed by atoms with Crippen molar-refractivity contribution in [1.29, 1.82) is 0 Å². The summed E-state index contributed by atoms with van der Waals surface area (Å²) < 4.78 is 0. The van der Waals surface area contributed by atoms with Crippen LogP contribution in [0.4, 0.5) is 0 Å². The van der Waals surface area contributed by atoms with Crippen LogP contribution in [0.3, 0.4) is 0 Å². The zero-order valence-corrected chi connectivity index (χ0v) is 13.3. The molecule has 1 rings (SSSR count). The van der Waals surface area contributed by atoms with Gasteiger partial charge in [-0.15, -0.1) is 0 Å². The number of hydrogen-bond donors (Lipinski definition) is 1. The van der Waals surface area contributed by atoms with Crippen molar-refractivity contribution < 1.29 is 9.59 Å². The molecule has 5 nitrogen and oxygen atoms in total. The molecule has 1 saturated carbocycles. The number of nitrogens with two attached hydrogens (primary N) is 1. The van der Waals surface area contributed by atoms with Gasteiger partial charge in [-0.2, -0.15) is 0 Å². The quantitative estimate of drug-likeness (QED) is 0.821. The predicted octanol–water partition coefficient (Wildman–Crippen LogP) is 1.08. The highest BCUT2D eigenvalue weighted by molar-refractivity contribution is 5.86. The summed E-state index contributed by atoms with van der Waals surface area (Å²) in [6, 6.07) is -0.0625. The van der Waals surface area contributed by atoms with Gasteiger partial charge in [0, 0.05) is 26.7 Å². The van der Waals surface area contributed by atoms with Gasteiger partial charge in [0.15, 0.2) is 0 Å². The van der Waals surface area contributed by atoms with E-state index >= 15 is 0 Å². The van der Waals surface area contributed by atoms with Crippen LogP contribution in [0.2, 0.25) is 0 Å². The lowest BCUT2D eigenvalue weighted by atomic mass is 9.78. The van der Waals surface area contributed by atoms with Gasteiger partial charge in [-0.25, -0.2) is 0 Å². The molecule has 0 aromatic rings. The molecule has 3 unspecified atom stereocenters.